The van der Waals surface area contributed by atoms with Crippen LogP contribution >= 0.6 is 12.4 Å². The number of carbonyl (C=O) groups excluding carboxylic acids is 2. The highest BCUT2D eigenvalue weighted by Crippen LogP contribution is 2.12. The van der Waals surface area contributed by atoms with E-state index in [2.05, 4.69) is 0 Å². The number of nitrogens with two attached hydrogens (primary N) is 1. The van der Waals surface area contributed by atoms with Crippen LogP contribution in [0, 0.1) is 11.7 Å². The van der Waals surface area contributed by atoms with E-state index in [-0.39, 0.29) is 42.4 Å². The first-order chi connectivity index (χ1) is 11.9. The highest BCUT2D eigenvalue weighted by Gasteiger charge is 2.27. The molecule has 0 aromatic heterocycles. The number of hydrogen-bond donors (Lipinski definition) is 1. The molecule has 7 heteroatoms. The van der Waals surface area contributed by atoms with Crippen LogP contribution in [0.4, 0.5) is 4.39 Å². The van der Waals surface area contributed by atoms with Gasteiger partial charge < -0.3 is 15.5 Å². The van der Waals surface area contributed by atoms with E-state index in [1.165, 1.54) is 12.1 Å². The molecule has 0 radical (unpaired) electrons. The number of rotatable bonds is 5. The molecule has 1 fully saturated rings. The maximum atomic E-state index is 13.3. The molecule has 1 aliphatic heterocycles. The van der Waals surface area contributed by atoms with E-state index in [1.54, 1.807) is 21.9 Å². The van der Waals surface area contributed by atoms with Crippen molar-refractivity contribution in [1.82, 2.24) is 9.80 Å². The molecule has 2 atom stereocenters. The number of hydrogen-bond acceptors (Lipinski definition) is 3. The van der Waals surface area contributed by atoms with Crippen molar-refractivity contribution >= 4 is 24.2 Å². The summed E-state index contributed by atoms with van der Waals surface area (Å²) >= 11 is 0. The fourth-order valence-electron chi connectivity index (χ4n) is 3.03. The Hall–Kier alpha value is -1.66. The van der Waals surface area contributed by atoms with Gasteiger partial charge in [0.25, 0.3) is 0 Å². The average Bonchev–Trinajstić information content (AvgIpc) is 2.86. The topological polar surface area (TPSA) is 66.6 Å². The lowest BCUT2D eigenvalue weighted by Gasteiger charge is -2.27. The summed E-state index contributed by atoms with van der Waals surface area (Å²) in [5, 5.41) is 0. The van der Waals surface area contributed by atoms with Crippen LogP contribution in [-0.2, 0) is 16.0 Å². The summed E-state index contributed by atoms with van der Waals surface area (Å²) in [4.78, 5) is 28.5. The second-order valence-corrected chi connectivity index (χ2v) is 6.78. The molecule has 1 heterocycles. The van der Waals surface area contributed by atoms with Gasteiger partial charge in [0, 0.05) is 26.2 Å². The van der Waals surface area contributed by atoms with Gasteiger partial charge in [-0.1, -0.05) is 32.4 Å². The van der Waals surface area contributed by atoms with Gasteiger partial charge in [-0.2, -0.15) is 0 Å². The highest BCUT2D eigenvalue weighted by molar-refractivity contribution is 5.85. The number of nitrogens with zero attached hydrogens (tertiary/aromatic N) is 2. The van der Waals surface area contributed by atoms with E-state index >= 15 is 0 Å². The van der Waals surface area contributed by atoms with Gasteiger partial charge in [0.1, 0.15) is 5.82 Å². The van der Waals surface area contributed by atoms with Crippen molar-refractivity contribution in [1.29, 1.82) is 0 Å². The van der Waals surface area contributed by atoms with Gasteiger partial charge >= 0.3 is 0 Å². The molecule has 0 spiro atoms. The summed E-state index contributed by atoms with van der Waals surface area (Å²) in [5.74, 6) is -0.265. The quantitative estimate of drug-likeness (QED) is 0.845. The Morgan fingerprint density at radius 2 is 1.85 bits per heavy atom. The Kier molecular flexibility index (Phi) is 9.02. The molecule has 0 aliphatic carbocycles. The first-order valence-electron chi connectivity index (χ1n) is 8.99. The molecule has 146 valence electrons. The third-order valence-electron chi connectivity index (χ3n) is 4.95. The minimum absolute atomic E-state index is 0. The standard InChI is InChI=1S/C19H28FN3O2.ClH/c1-3-14(2)18(21)19(25)23-9-5-8-22(10-11-23)17(24)13-15-6-4-7-16(20)12-15;/h4,6-7,12,14,18H,3,5,8-11,13,21H2,1-2H3;1H. The second kappa shape index (κ2) is 10.5. The van der Waals surface area contributed by atoms with Gasteiger partial charge in [0.2, 0.25) is 11.8 Å². The molecular formula is C19H29ClFN3O2. The predicted molar refractivity (Wildman–Crippen MR) is 103 cm³/mol. The van der Waals surface area contributed by atoms with Crippen LogP contribution in [0.5, 0.6) is 0 Å². The summed E-state index contributed by atoms with van der Waals surface area (Å²) in [6, 6.07) is 5.62. The molecule has 0 bridgehead atoms. The zero-order valence-corrected chi connectivity index (χ0v) is 16.3. The van der Waals surface area contributed by atoms with Crippen LogP contribution in [0.1, 0.15) is 32.3 Å². The van der Waals surface area contributed by atoms with Crippen molar-refractivity contribution in [3.8, 4) is 0 Å². The molecule has 1 aromatic rings. The molecule has 0 saturated carbocycles. The van der Waals surface area contributed by atoms with Gasteiger partial charge in [-0.25, -0.2) is 4.39 Å². The van der Waals surface area contributed by atoms with E-state index in [4.69, 9.17) is 5.73 Å². The van der Waals surface area contributed by atoms with Crippen LogP contribution in [0.25, 0.3) is 0 Å². The van der Waals surface area contributed by atoms with Crippen molar-refractivity contribution in [2.75, 3.05) is 26.2 Å². The Labute approximate surface area is 161 Å². The summed E-state index contributed by atoms with van der Waals surface area (Å²) in [6.07, 6.45) is 1.77. The minimum Gasteiger partial charge on any atom is -0.341 e. The maximum absolute atomic E-state index is 13.3. The zero-order valence-electron chi connectivity index (χ0n) is 15.5. The Morgan fingerprint density at radius 1 is 1.19 bits per heavy atom. The van der Waals surface area contributed by atoms with E-state index in [9.17, 15) is 14.0 Å². The van der Waals surface area contributed by atoms with Crippen LogP contribution in [0.2, 0.25) is 0 Å². The lowest BCUT2D eigenvalue weighted by atomic mass is 9.99. The minimum atomic E-state index is -0.487. The van der Waals surface area contributed by atoms with Crippen LogP contribution in [-0.4, -0.2) is 53.8 Å². The SMILES string of the molecule is CCC(C)C(N)C(=O)N1CCCN(C(=O)Cc2cccc(F)c2)CC1.Cl. The van der Waals surface area contributed by atoms with Crippen LogP contribution in [0.3, 0.4) is 0 Å². The molecule has 1 aromatic carbocycles. The number of benzene rings is 1. The smallest absolute Gasteiger partial charge is 0.239 e. The van der Waals surface area contributed by atoms with E-state index in [0.29, 0.717) is 31.7 Å². The Bertz CT molecular complexity index is 614. The van der Waals surface area contributed by atoms with Gasteiger partial charge in [-0.3, -0.25) is 9.59 Å². The molecule has 1 saturated heterocycles. The largest absolute Gasteiger partial charge is 0.341 e. The average molecular weight is 386 g/mol. The first kappa shape index (κ1) is 22.4. The molecule has 2 amide bonds. The second-order valence-electron chi connectivity index (χ2n) is 6.78. The summed E-state index contributed by atoms with van der Waals surface area (Å²) in [5.41, 5.74) is 6.72. The molecule has 5 nitrogen and oxygen atoms in total. The maximum Gasteiger partial charge on any atom is 0.239 e. The lowest BCUT2D eigenvalue weighted by Crippen LogP contribution is -2.48. The number of amides is 2. The fraction of sp³-hybridized carbons (Fsp3) is 0.579. The molecule has 2 N–H and O–H groups in total. The van der Waals surface area contributed by atoms with Crippen molar-refractivity contribution in [2.24, 2.45) is 11.7 Å². The van der Waals surface area contributed by atoms with Crippen LogP contribution in [0.15, 0.2) is 24.3 Å². The van der Waals surface area contributed by atoms with Gasteiger partial charge in [0.15, 0.2) is 0 Å². The summed E-state index contributed by atoms with van der Waals surface area (Å²) in [7, 11) is 0. The van der Waals surface area contributed by atoms with E-state index < -0.39 is 6.04 Å². The summed E-state index contributed by atoms with van der Waals surface area (Å²) < 4.78 is 13.3. The van der Waals surface area contributed by atoms with E-state index in [0.717, 1.165) is 12.8 Å². The highest BCUT2D eigenvalue weighted by atomic mass is 35.5. The number of halogens is 2. The molecule has 1 aliphatic rings. The third kappa shape index (κ3) is 5.95. The Balaban J connectivity index is 0.00000338. The van der Waals surface area contributed by atoms with E-state index in [1.807, 2.05) is 13.8 Å². The monoisotopic (exact) mass is 385 g/mol. The molecular weight excluding hydrogens is 357 g/mol. The fourth-order valence-corrected chi connectivity index (χ4v) is 3.03. The molecule has 2 unspecified atom stereocenters. The predicted octanol–water partition coefficient (Wildman–Crippen LogP) is 2.22. The van der Waals surface area contributed by atoms with Gasteiger partial charge in [-0.15, -0.1) is 12.4 Å². The normalized spacial score (nSPS) is 17.1. The van der Waals surface area contributed by atoms with Crippen molar-refractivity contribution < 1.29 is 14.0 Å². The summed E-state index contributed by atoms with van der Waals surface area (Å²) in [6.45, 7) is 6.22. The number of carbonyl (C=O) groups is 2. The zero-order chi connectivity index (χ0) is 18.4. The first-order valence-corrected chi connectivity index (χ1v) is 8.99. The molecule has 26 heavy (non-hydrogen) atoms. The van der Waals surface area contributed by atoms with Crippen molar-refractivity contribution in [3.05, 3.63) is 35.6 Å². The van der Waals surface area contributed by atoms with Crippen molar-refractivity contribution in [2.45, 2.75) is 39.2 Å². The molecule has 2 rings (SSSR count). The van der Waals surface area contributed by atoms with Gasteiger partial charge in [-0.05, 0) is 30.0 Å². The van der Waals surface area contributed by atoms with Crippen LogP contribution < -0.4 is 5.73 Å². The van der Waals surface area contributed by atoms with Gasteiger partial charge in [0.05, 0.1) is 12.5 Å². The van der Waals surface area contributed by atoms with Crippen molar-refractivity contribution in [3.63, 3.8) is 0 Å². The third-order valence-corrected chi connectivity index (χ3v) is 4.95. The lowest BCUT2D eigenvalue weighted by molar-refractivity contribution is -0.134. The Morgan fingerprint density at radius 3 is 2.50 bits per heavy atom.